The molecule has 9 nitrogen and oxygen atoms in total. The van der Waals surface area contributed by atoms with Crippen molar-refractivity contribution in [2.75, 3.05) is 13.2 Å². The van der Waals surface area contributed by atoms with Gasteiger partial charge in [-0.15, -0.1) is 0 Å². The van der Waals surface area contributed by atoms with Crippen LogP contribution in [0.5, 0.6) is 5.88 Å². The minimum atomic E-state index is -0.497. The second-order valence-corrected chi connectivity index (χ2v) is 5.65. The van der Waals surface area contributed by atoms with E-state index in [0.29, 0.717) is 25.5 Å². The lowest BCUT2D eigenvalue weighted by molar-refractivity contribution is -0.123. The van der Waals surface area contributed by atoms with Gasteiger partial charge < -0.3 is 14.8 Å². The summed E-state index contributed by atoms with van der Waals surface area (Å²) < 4.78 is 11.2. The fourth-order valence-electron chi connectivity index (χ4n) is 2.59. The van der Waals surface area contributed by atoms with Crippen molar-refractivity contribution < 1.29 is 14.3 Å². The Kier molecular flexibility index (Phi) is 5.24. The molecule has 3 N–H and O–H groups in total. The predicted molar refractivity (Wildman–Crippen MR) is 87.4 cm³/mol. The van der Waals surface area contributed by atoms with Gasteiger partial charge in [-0.2, -0.15) is 0 Å². The zero-order chi connectivity index (χ0) is 17.6. The Bertz CT molecular complexity index is 832. The topological polar surface area (TPSA) is 126 Å². The van der Waals surface area contributed by atoms with Gasteiger partial charge in [0.15, 0.2) is 0 Å². The Labute approximate surface area is 142 Å². The number of carbonyl (C=O) groups excluding carboxylic acids is 1. The summed E-state index contributed by atoms with van der Waals surface area (Å²) in [7, 11) is 0. The molecule has 0 radical (unpaired) electrons. The van der Waals surface area contributed by atoms with Gasteiger partial charge in [0.25, 0.3) is 11.1 Å². The molecule has 3 heterocycles. The largest absolute Gasteiger partial charge is 0.470 e. The number of hydrogen-bond donors (Lipinski definition) is 3. The summed E-state index contributed by atoms with van der Waals surface area (Å²) in [6.07, 6.45) is 1.62. The SMILES string of the molecule is O=C(Cc1cc(=O)[nH][nH]c1=O)N[C@@H]1CCOC[C@H]1Oc1ccccn1. The number of amides is 1. The van der Waals surface area contributed by atoms with Gasteiger partial charge in [-0.1, -0.05) is 6.07 Å². The third-order valence-corrected chi connectivity index (χ3v) is 3.81. The molecule has 1 saturated heterocycles. The van der Waals surface area contributed by atoms with E-state index in [-0.39, 0.29) is 30.0 Å². The number of hydrogen-bond acceptors (Lipinski definition) is 6. The van der Waals surface area contributed by atoms with E-state index < -0.39 is 11.1 Å². The van der Waals surface area contributed by atoms with Crippen LogP contribution >= 0.6 is 0 Å². The van der Waals surface area contributed by atoms with Gasteiger partial charge in [-0.3, -0.25) is 24.6 Å². The van der Waals surface area contributed by atoms with Crippen molar-refractivity contribution in [3.8, 4) is 5.88 Å². The molecule has 0 aliphatic carbocycles. The smallest absolute Gasteiger partial charge is 0.266 e. The normalized spacial score (nSPS) is 20.0. The first kappa shape index (κ1) is 16.9. The highest BCUT2D eigenvalue weighted by Gasteiger charge is 2.29. The molecule has 2 aromatic heterocycles. The monoisotopic (exact) mass is 346 g/mol. The molecule has 0 bridgehead atoms. The van der Waals surface area contributed by atoms with Crippen LogP contribution in [0.3, 0.4) is 0 Å². The van der Waals surface area contributed by atoms with Crippen molar-refractivity contribution in [1.82, 2.24) is 20.5 Å². The lowest BCUT2D eigenvalue weighted by Gasteiger charge is -2.32. The minimum Gasteiger partial charge on any atom is -0.470 e. The average molecular weight is 346 g/mol. The maximum Gasteiger partial charge on any atom is 0.266 e. The van der Waals surface area contributed by atoms with Crippen LogP contribution in [0.2, 0.25) is 0 Å². The number of H-pyrrole nitrogens is 2. The molecule has 0 spiro atoms. The van der Waals surface area contributed by atoms with Gasteiger partial charge in [0, 0.05) is 30.5 Å². The maximum absolute atomic E-state index is 12.3. The second-order valence-electron chi connectivity index (χ2n) is 5.65. The number of nitrogens with zero attached hydrogens (tertiary/aromatic N) is 1. The molecule has 1 aliphatic heterocycles. The maximum atomic E-state index is 12.3. The molecule has 2 aromatic rings. The van der Waals surface area contributed by atoms with Crippen molar-refractivity contribution in [3.05, 3.63) is 56.7 Å². The number of nitrogens with one attached hydrogen (secondary N) is 3. The Morgan fingerprint density at radius 2 is 2.24 bits per heavy atom. The highest BCUT2D eigenvalue weighted by atomic mass is 16.5. The summed E-state index contributed by atoms with van der Waals surface area (Å²) in [4.78, 5) is 39.3. The Morgan fingerprint density at radius 3 is 3.04 bits per heavy atom. The van der Waals surface area contributed by atoms with Crippen molar-refractivity contribution >= 4 is 5.91 Å². The molecule has 132 valence electrons. The summed E-state index contributed by atoms with van der Waals surface area (Å²) in [5.41, 5.74) is -0.858. The summed E-state index contributed by atoms with van der Waals surface area (Å²) in [6, 6.07) is 6.15. The summed E-state index contributed by atoms with van der Waals surface area (Å²) in [6.45, 7) is 0.825. The summed E-state index contributed by atoms with van der Waals surface area (Å²) >= 11 is 0. The third-order valence-electron chi connectivity index (χ3n) is 3.81. The quantitative estimate of drug-likeness (QED) is 0.661. The molecule has 1 amide bonds. The number of carbonyl (C=O) groups is 1. The van der Waals surface area contributed by atoms with E-state index >= 15 is 0 Å². The first-order valence-electron chi connectivity index (χ1n) is 7.87. The highest BCUT2D eigenvalue weighted by molar-refractivity contribution is 5.78. The number of ether oxygens (including phenoxy) is 2. The molecule has 1 fully saturated rings. The zero-order valence-electron chi connectivity index (χ0n) is 13.4. The standard InChI is InChI=1S/C16H18N4O5/c21-13(7-10-8-14(22)19-20-16(10)23)18-11-4-6-24-9-12(11)25-15-3-1-2-5-17-15/h1-3,5,8,11-12H,4,6-7,9H2,(H,18,21)(H,19,22)(H,20,23)/t11-,12-/m1/s1. The van der Waals surface area contributed by atoms with Crippen LogP contribution in [0, 0.1) is 0 Å². The predicted octanol–water partition coefficient (Wildman–Crippen LogP) is -0.647. The van der Waals surface area contributed by atoms with Crippen molar-refractivity contribution in [2.45, 2.75) is 25.0 Å². The molecular formula is C16H18N4O5. The van der Waals surface area contributed by atoms with E-state index in [0.717, 1.165) is 6.07 Å². The van der Waals surface area contributed by atoms with Crippen LogP contribution in [-0.2, 0) is 16.0 Å². The first-order valence-corrected chi connectivity index (χ1v) is 7.87. The van der Waals surface area contributed by atoms with Crippen LogP contribution in [0.25, 0.3) is 0 Å². The molecule has 0 saturated carbocycles. The van der Waals surface area contributed by atoms with Crippen molar-refractivity contribution in [2.24, 2.45) is 0 Å². The van der Waals surface area contributed by atoms with Crippen LogP contribution in [-0.4, -0.2) is 46.4 Å². The molecule has 3 rings (SSSR count). The average Bonchev–Trinajstić information content (AvgIpc) is 2.61. The van der Waals surface area contributed by atoms with E-state index in [4.69, 9.17) is 9.47 Å². The Morgan fingerprint density at radius 1 is 1.36 bits per heavy atom. The van der Waals surface area contributed by atoms with E-state index in [9.17, 15) is 14.4 Å². The van der Waals surface area contributed by atoms with E-state index in [2.05, 4.69) is 20.5 Å². The molecular weight excluding hydrogens is 328 g/mol. The summed E-state index contributed by atoms with van der Waals surface area (Å²) in [5, 5.41) is 7.20. The molecule has 25 heavy (non-hydrogen) atoms. The second kappa shape index (κ2) is 7.75. The van der Waals surface area contributed by atoms with Crippen LogP contribution in [0.1, 0.15) is 12.0 Å². The lowest BCUT2D eigenvalue weighted by atomic mass is 10.1. The van der Waals surface area contributed by atoms with E-state index in [1.54, 1.807) is 24.4 Å². The lowest BCUT2D eigenvalue weighted by Crippen LogP contribution is -2.52. The van der Waals surface area contributed by atoms with E-state index in [1.165, 1.54) is 0 Å². The fourth-order valence-corrected chi connectivity index (χ4v) is 2.59. The number of rotatable bonds is 5. The molecule has 1 aliphatic rings. The highest BCUT2D eigenvalue weighted by Crippen LogP contribution is 2.15. The van der Waals surface area contributed by atoms with Gasteiger partial charge in [-0.25, -0.2) is 4.98 Å². The van der Waals surface area contributed by atoms with Crippen LogP contribution in [0.4, 0.5) is 0 Å². The first-order chi connectivity index (χ1) is 12.1. The fraction of sp³-hybridized carbons (Fsp3) is 0.375. The van der Waals surface area contributed by atoms with E-state index in [1.807, 2.05) is 0 Å². The van der Waals surface area contributed by atoms with Crippen molar-refractivity contribution in [3.63, 3.8) is 0 Å². The molecule has 2 atom stereocenters. The van der Waals surface area contributed by atoms with Gasteiger partial charge >= 0.3 is 0 Å². The van der Waals surface area contributed by atoms with Gasteiger partial charge in [0.1, 0.15) is 6.10 Å². The summed E-state index contributed by atoms with van der Waals surface area (Å²) in [5.74, 6) is 0.0842. The molecule has 0 unspecified atom stereocenters. The molecule has 9 heteroatoms. The van der Waals surface area contributed by atoms with Gasteiger partial charge in [-0.05, 0) is 12.5 Å². The van der Waals surface area contributed by atoms with Crippen molar-refractivity contribution in [1.29, 1.82) is 0 Å². The number of pyridine rings is 1. The molecule has 0 aromatic carbocycles. The third kappa shape index (κ3) is 4.54. The van der Waals surface area contributed by atoms with Crippen LogP contribution in [0.15, 0.2) is 40.1 Å². The Hall–Kier alpha value is -2.94. The van der Waals surface area contributed by atoms with Gasteiger partial charge in [0.05, 0.1) is 19.1 Å². The minimum absolute atomic E-state index is 0.107. The number of aromatic amines is 2. The Balaban J connectivity index is 1.64. The van der Waals surface area contributed by atoms with Crippen LogP contribution < -0.4 is 21.2 Å². The van der Waals surface area contributed by atoms with Gasteiger partial charge in [0.2, 0.25) is 11.8 Å². The number of aromatic nitrogens is 3. The zero-order valence-corrected chi connectivity index (χ0v) is 13.4.